The lowest BCUT2D eigenvalue weighted by Gasteiger charge is -2.27. The van der Waals surface area contributed by atoms with Gasteiger partial charge in [-0.1, -0.05) is 61.5 Å². The van der Waals surface area contributed by atoms with Crippen LogP contribution in [0.4, 0.5) is 8.78 Å². The highest BCUT2D eigenvalue weighted by molar-refractivity contribution is 5.89. The van der Waals surface area contributed by atoms with Gasteiger partial charge in [-0.2, -0.15) is 0 Å². The van der Waals surface area contributed by atoms with Crippen LogP contribution < -0.4 is 5.32 Å². The fourth-order valence-corrected chi connectivity index (χ4v) is 4.46. The fourth-order valence-electron chi connectivity index (χ4n) is 4.46. The van der Waals surface area contributed by atoms with E-state index >= 15 is 0 Å². The van der Waals surface area contributed by atoms with Crippen LogP contribution in [0.3, 0.4) is 0 Å². The van der Waals surface area contributed by atoms with Crippen molar-refractivity contribution in [2.24, 2.45) is 0 Å². The lowest BCUT2D eigenvalue weighted by Crippen LogP contribution is -2.47. The molecule has 0 saturated carbocycles. The van der Waals surface area contributed by atoms with Crippen molar-refractivity contribution in [1.29, 1.82) is 0 Å². The van der Waals surface area contributed by atoms with E-state index in [1.54, 1.807) is 6.07 Å². The summed E-state index contributed by atoms with van der Waals surface area (Å²) in [7, 11) is 0. The van der Waals surface area contributed by atoms with Gasteiger partial charge in [0.1, 0.15) is 18.0 Å². The highest BCUT2D eigenvalue weighted by atomic mass is 19.1. The summed E-state index contributed by atoms with van der Waals surface area (Å²) in [4.78, 5) is 27.5. The molecule has 0 radical (unpaired) electrons. The number of rotatable bonds is 8. The molecule has 184 valence electrons. The minimum Gasteiger partial charge on any atom is -0.343 e. The van der Waals surface area contributed by atoms with Crippen LogP contribution in [-0.2, 0) is 16.0 Å². The van der Waals surface area contributed by atoms with Gasteiger partial charge in [0.05, 0.1) is 30.9 Å². The quantitative estimate of drug-likeness (QED) is 0.512. The summed E-state index contributed by atoms with van der Waals surface area (Å²) in [5.74, 6) is -1.14. The number of H-pyrrole nitrogens is 1. The summed E-state index contributed by atoms with van der Waals surface area (Å²) in [6.45, 7) is 3.81. The van der Waals surface area contributed by atoms with Gasteiger partial charge in [-0.15, -0.1) is 5.10 Å². The predicted molar refractivity (Wildman–Crippen MR) is 127 cm³/mol. The third-order valence-corrected chi connectivity index (χ3v) is 6.60. The van der Waals surface area contributed by atoms with E-state index in [1.165, 1.54) is 17.2 Å². The Hall–Kier alpha value is -3.62. The molecule has 1 saturated heterocycles. The van der Waals surface area contributed by atoms with E-state index in [-0.39, 0.29) is 31.1 Å². The van der Waals surface area contributed by atoms with Crippen molar-refractivity contribution < 1.29 is 18.4 Å². The summed E-state index contributed by atoms with van der Waals surface area (Å²) in [6.07, 6.45) is 0.755. The molecule has 2 aromatic carbocycles. The smallest absolute Gasteiger partial charge is 0.243 e. The first-order valence-electron chi connectivity index (χ1n) is 11.8. The van der Waals surface area contributed by atoms with Crippen molar-refractivity contribution in [3.63, 3.8) is 0 Å². The highest BCUT2D eigenvalue weighted by Gasteiger charge is 2.40. The normalized spacial score (nSPS) is 19.4. The van der Waals surface area contributed by atoms with Crippen molar-refractivity contribution in [3.8, 4) is 0 Å². The van der Waals surface area contributed by atoms with Crippen molar-refractivity contribution in [2.45, 2.75) is 57.3 Å². The number of alkyl halides is 1. The number of hydrogen-bond donors (Lipinski definition) is 2. The zero-order valence-corrected chi connectivity index (χ0v) is 19.7. The molecule has 0 aliphatic carbocycles. The van der Waals surface area contributed by atoms with E-state index in [1.807, 2.05) is 50.2 Å². The Bertz CT molecular complexity index is 1160. The molecule has 35 heavy (non-hydrogen) atoms. The minimum atomic E-state index is -1.31. The van der Waals surface area contributed by atoms with Crippen LogP contribution in [0.1, 0.15) is 61.0 Å². The Morgan fingerprint density at radius 2 is 1.97 bits per heavy atom. The number of nitrogens with zero attached hydrogens (tertiary/aromatic N) is 3. The van der Waals surface area contributed by atoms with Gasteiger partial charge in [0.2, 0.25) is 11.8 Å². The molecule has 1 aliphatic rings. The zero-order valence-electron chi connectivity index (χ0n) is 19.7. The number of benzene rings is 2. The molecule has 3 aromatic rings. The van der Waals surface area contributed by atoms with Crippen molar-refractivity contribution in [3.05, 3.63) is 82.9 Å². The number of likely N-dealkylation sites (tertiary alicyclic amines) is 1. The molecule has 2 heterocycles. The summed E-state index contributed by atoms with van der Waals surface area (Å²) >= 11 is 0. The summed E-state index contributed by atoms with van der Waals surface area (Å²) in [5.41, 5.74) is 2.43. The maximum absolute atomic E-state index is 15.0. The van der Waals surface area contributed by atoms with Crippen molar-refractivity contribution in [1.82, 2.24) is 25.6 Å². The molecule has 0 unspecified atom stereocenters. The number of aromatic amines is 1. The first kappa shape index (κ1) is 24.5. The Labute approximate surface area is 202 Å². The molecule has 0 bridgehead atoms. The lowest BCUT2D eigenvalue weighted by atomic mass is 9.93. The summed E-state index contributed by atoms with van der Waals surface area (Å²) in [5, 5.41) is 12.8. The van der Waals surface area contributed by atoms with Gasteiger partial charge in [0.25, 0.3) is 0 Å². The van der Waals surface area contributed by atoms with E-state index < -0.39 is 30.1 Å². The predicted octanol–water partition coefficient (Wildman–Crippen LogP) is 3.84. The van der Waals surface area contributed by atoms with Gasteiger partial charge >= 0.3 is 0 Å². The van der Waals surface area contributed by atoms with Crippen molar-refractivity contribution >= 4 is 11.8 Å². The molecule has 2 amide bonds. The minimum absolute atomic E-state index is 0.0616. The average molecular weight is 482 g/mol. The van der Waals surface area contributed by atoms with Gasteiger partial charge in [-0.05, 0) is 35.1 Å². The molecule has 4 atom stereocenters. The first-order chi connectivity index (χ1) is 16.9. The van der Waals surface area contributed by atoms with E-state index in [0.717, 1.165) is 12.0 Å². The largest absolute Gasteiger partial charge is 0.343 e. The van der Waals surface area contributed by atoms with Crippen molar-refractivity contribution in [2.75, 3.05) is 6.54 Å². The Kier molecular flexibility index (Phi) is 7.53. The summed E-state index contributed by atoms with van der Waals surface area (Å²) in [6, 6.07) is 12.6. The topological polar surface area (TPSA) is 91.0 Å². The van der Waals surface area contributed by atoms with Crippen LogP contribution in [0.25, 0.3) is 0 Å². The van der Waals surface area contributed by atoms with Crippen LogP contribution >= 0.6 is 0 Å². The molecule has 0 spiro atoms. The highest BCUT2D eigenvalue weighted by Crippen LogP contribution is 2.29. The molecule has 4 rings (SSSR count). The molecule has 1 fully saturated rings. The SMILES string of the molecule is CC[C@@H](C)c1ccc([C@@H](NC(=O)[C@@H]2C[C@@H](F)CN2C(=O)Cc2cnn[nH]2)c2ccccc2)cc1F. The molecule has 2 N–H and O–H groups in total. The van der Waals surface area contributed by atoms with Crippen LogP contribution in [0.2, 0.25) is 0 Å². The van der Waals surface area contributed by atoms with E-state index in [0.29, 0.717) is 16.8 Å². The monoisotopic (exact) mass is 481 g/mol. The average Bonchev–Trinajstić information content (AvgIpc) is 3.52. The van der Waals surface area contributed by atoms with E-state index in [4.69, 9.17) is 0 Å². The zero-order chi connectivity index (χ0) is 24.9. The number of hydrogen-bond acceptors (Lipinski definition) is 4. The molecule has 9 heteroatoms. The fraction of sp³-hybridized carbons (Fsp3) is 0.385. The van der Waals surface area contributed by atoms with E-state index in [2.05, 4.69) is 20.7 Å². The number of nitrogens with one attached hydrogen (secondary N) is 2. The van der Waals surface area contributed by atoms with Gasteiger partial charge in [0, 0.05) is 6.42 Å². The molecule has 7 nitrogen and oxygen atoms in total. The first-order valence-corrected chi connectivity index (χ1v) is 11.8. The number of carbonyl (C=O) groups is 2. The third kappa shape index (κ3) is 5.55. The molecular weight excluding hydrogens is 452 g/mol. The third-order valence-electron chi connectivity index (χ3n) is 6.60. The standard InChI is InChI=1S/C26H29F2N5O2/c1-3-16(2)21-10-9-18(11-22(21)28)25(17-7-5-4-6-8-17)30-26(35)23-12-19(27)15-33(23)24(34)13-20-14-29-32-31-20/h4-11,14,16,19,23,25H,3,12-13,15H2,1-2H3,(H,30,35)(H,29,31,32)/t16-,19-,23+,25+/m1/s1. The van der Waals surface area contributed by atoms with Crippen LogP contribution in [-0.4, -0.2) is 50.9 Å². The van der Waals surface area contributed by atoms with Crippen LogP contribution in [0, 0.1) is 5.82 Å². The van der Waals surface area contributed by atoms with Crippen LogP contribution in [0.15, 0.2) is 54.7 Å². The molecule has 1 aromatic heterocycles. The summed E-state index contributed by atoms with van der Waals surface area (Å²) < 4.78 is 29.3. The number of carbonyl (C=O) groups excluding carboxylic acids is 2. The second-order valence-electron chi connectivity index (χ2n) is 9.00. The Balaban J connectivity index is 1.59. The molecular formula is C26H29F2N5O2. The number of aromatic nitrogens is 3. The molecule has 1 aliphatic heterocycles. The number of halogens is 2. The second kappa shape index (κ2) is 10.8. The Morgan fingerprint density at radius 3 is 2.63 bits per heavy atom. The van der Waals surface area contributed by atoms with Gasteiger partial charge < -0.3 is 10.2 Å². The maximum Gasteiger partial charge on any atom is 0.243 e. The van der Waals surface area contributed by atoms with Gasteiger partial charge in [-0.25, -0.2) is 8.78 Å². The number of amides is 2. The second-order valence-corrected chi connectivity index (χ2v) is 9.00. The van der Waals surface area contributed by atoms with Crippen LogP contribution in [0.5, 0.6) is 0 Å². The maximum atomic E-state index is 15.0. The van der Waals surface area contributed by atoms with E-state index in [9.17, 15) is 18.4 Å². The lowest BCUT2D eigenvalue weighted by molar-refractivity contribution is -0.138. The van der Waals surface area contributed by atoms with Gasteiger partial charge in [0.15, 0.2) is 0 Å². The Morgan fingerprint density at radius 1 is 1.20 bits per heavy atom. The van der Waals surface area contributed by atoms with Gasteiger partial charge in [-0.3, -0.25) is 14.7 Å².